The second-order valence-corrected chi connectivity index (χ2v) is 6.08. The summed E-state index contributed by atoms with van der Waals surface area (Å²) in [5, 5.41) is 3.48. The van der Waals surface area contributed by atoms with Crippen molar-refractivity contribution in [3.63, 3.8) is 0 Å². The van der Waals surface area contributed by atoms with E-state index in [1.165, 1.54) is 12.0 Å². The molecule has 4 heteroatoms. The topological polar surface area (TPSA) is 31.4 Å². The van der Waals surface area contributed by atoms with Crippen LogP contribution in [0.1, 0.15) is 25.8 Å². The standard InChI is InChI=1S/C16H28N4/c1-5-8-17-10-14-7-6-9-18-16(14)20-11-13(2)15(12-20)19(3)4/h6-7,9,13,15,17H,5,8,10-12H2,1-4H3. The summed E-state index contributed by atoms with van der Waals surface area (Å²) in [6.45, 7) is 8.68. The Morgan fingerprint density at radius 2 is 2.20 bits per heavy atom. The first-order valence-corrected chi connectivity index (χ1v) is 7.69. The number of anilines is 1. The van der Waals surface area contributed by atoms with Crippen molar-refractivity contribution in [1.82, 2.24) is 15.2 Å². The van der Waals surface area contributed by atoms with E-state index in [1.54, 1.807) is 0 Å². The molecule has 2 heterocycles. The van der Waals surface area contributed by atoms with Gasteiger partial charge in [-0.05, 0) is 39.0 Å². The van der Waals surface area contributed by atoms with Crippen LogP contribution in [0, 0.1) is 5.92 Å². The third-order valence-corrected chi connectivity index (χ3v) is 4.15. The van der Waals surface area contributed by atoms with Gasteiger partial charge in [0.2, 0.25) is 0 Å². The van der Waals surface area contributed by atoms with Crippen LogP contribution in [0.15, 0.2) is 18.3 Å². The molecule has 2 unspecified atom stereocenters. The number of nitrogens with one attached hydrogen (secondary N) is 1. The van der Waals surface area contributed by atoms with Crippen LogP contribution < -0.4 is 10.2 Å². The molecule has 1 aromatic rings. The zero-order chi connectivity index (χ0) is 14.5. The third-order valence-electron chi connectivity index (χ3n) is 4.15. The molecule has 1 saturated heterocycles. The molecule has 0 amide bonds. The van der Waals surface area contributed by atoms with E-state index in [2.05, 4.69) is 54.1 Å². The summed E-state index contributed by atoms with van der Waals surface area (Å²) in [4.78, 5) is 9.41. The second kappa shape index (κ2) is 7.04. The van der Waals surface area contributed by atoms with Gasteiger partial charge < -0.3 is 15.1 Å². The third kappa shape index (κ3) is 3.49. The molecule has 1 aliphatic heterocycles. The van der Waals surface area contributed by atoms with E-state index in [1.807, 2.05) is 12.3 Å². The number of rotatable bonds is 6. The number of nitrogens with zero attached hydrogens (tertiary/aromatic N) is 3. The Kier molecular flexibility index (Phi) is 5.38. The average molecular weight is 276 g/mol. The highest BCUT2D eigenvalue weighted by Crippen LogP contribution is 2.27. The van der Waals surface area contributed by atoms with Crippen LogP contribution in [-0.2, 0) is 6.54 Å². The van der Waals surface area contributed by atoms with Crippen molar-refractivity contribution in [2.75, 3.05) is 38.6 Å². The van der Waals surface area contributed by atoms with Crippen molar-refractivity contribution < 1.29 is 0 Å². The van der Waals surface area contributed by atoms with Crippen LogP contribution in [-0.4, -0.2) is 49.7 Å². The number of pyridine rings is 1. The molecule has 112 valence electrons. The van der Waals surface area contributed by atoms with Crippen LogP contribution in [0.3, 0.4) is 0 Å². The number of aromatic nitrogens is 1. The highest BCUT2D eigenvalue weighted by Gasteiger charge is 2.32. The lowest BCUT2D eigenvalue weighted by atomic mass is 10.1. The first kappa shape index (κ1) is 15.3. The van der Waals surface area contributed by atoms with Gasteiger partial charge in [0.25, 0.3) is 0 Å². The van der Waals surface area contributed by atoms with Crippen LogP contribution in [0.5, 0.6) is 0 Å². The molecule has 1 N–H and O–H groups in total. The summed E-state index contributed by atoms with van der Waals surface area (Å²) in [6.07, 6.45) is 3.07. The molecule has 0 aromatic carbocycles. The first-order valence-electron chi connectivity index (χ1n) is 7.69. The SMILES string of the molecule is CCCNCc1cccnc1N1CC(C)C(N(C)C)C1. The smallest absolute Gasteiger partial charge is 0.133 e. The zero-order valence-electron chi connectivity index (χ0n) is 13.3. The fourth-order valence-electron chi connectivity index (χ4n) is 3.05. The van der Waals surface area contributed by atoms with Crippen molar-refractivity contribution in [3.8, 4) is 0 Å². The molecule has 1 aromatic heterocycles. The van der Waals surface area contributed by atoms with Gasteiger partial charge >= 0.3 is 0 Å². The predicted molar refractivity (Wildman–Crippen MR) is 85.1 cm³/mol. The van der Waals surface area contributed by atoms with Crippen LogP contribution >= 0.6 is 0 Å². The molecular weight excluding hydrogens is 248 g/mol. The van der Waals surface area contributed by atoms with E-state index < -0.39 is 0 Å². The van der Waals surface area contributed by atoms with Gasteiger partial charge in [-0.3, -0.25) is 0 Å². The van der Waals surface area contributed by atoms with Crippen molar-refractivity contribution in [1.29, 1.82) is 0 Å². The summed E-state index contributed by atoms with van der Waals surface area (Å²) < 4.78 is 0. The number of hydrogen-bond donors (Lipinski definition) is 1. The number of hydrogen-bond acceptors (Lipinski definition) is 4. The monoisotopic (exact) mass is 276 g/mol. The van der Waals surface area contributed by atoms with Crippen molar-refractivity contribution >= 4 is 5.82 Å². The summed E-state index contributed by atoms with van der Waals surface area (Å²) in [6, 6.07) is 4.85. The van der Waals surface area contributed by atoms with E-state index in [0.717, 1.165) is 32.0 Å². The molecule has 2 atom stereocenters. The van der Waals surface area contributed by atoms with Gasteiger partial charge in [-0.25, -0.2) is 4.98 Å². The summed E-state index contributed by atoms with van der Waals surface area (Å²) in [5.41, 5.74) is 1.31. The van der Waals surface area contributed by atoms with Crippen molar-refractivity contribution in [2.45, 2.75) is 32.9 Å². The molecule has 1 aliphatic rings. The summed E-state index contributed by atoms with van der Waals surface area (Å²) >= 11 is 0. The fourth-order valence-corrected chi connectivity index (χ4v) is 3.05. The molecule has 0 saturated carbocycles. The number of likely N-dealkylation sites (N-methyl/N-ethyl adjacent to an activating group) is 1. The Bertz CT molecular complexity index is 419. The van der Waals surface area contributed by atoms with Crippen LogP contribution in [0.25, 0.3) is 0 Å². The molecular formula is C16H28N4. The minimum atomic E-state index is 0.619. The van der Waals surface area contributed by atoms with E-state index in [4.69, 9.17) is 0 Å². The highest BCUT2D eigenvalue weighted by molar-refractivity contribution is 5.48. The quantitative estimate of drug-likeness (QED) is 0.805. The van der Waals surface area contributed by atoms with Gasteiger partial charge in [0, 0.05) is 37.4 Å². The fraction of sp³-hybridized carbons (Fsp3) is 0.688. The largest absolute Gasteiger partial charge is 0.354 e. The van der Waals surface area contributed by atoms with Crippen molar-refractivity contribution in [3.05, 3.63) is 23.9 Å². The Morgan fingerprint density at radius 3 is 2.85 bits per heavy atom. The Morgan fingerprint density at radius 1 is 1.40 bits per heavy atom. The molecule has 0 aliphatic carbocycles. The van der Waals surface area contributed by atoms with Gasteiger partial charge in [0.1, 0.15) is 5.82 Å². The van der Waals surface area contributed by atoms with Gasteiger partial charge in [-0.2, -0.15) is 0 Å². The predicted octanol–water partition coefficient (Wildman–Crippen LogP) is 1.97. The summed E-state index contributed by atoms with van der Waals surface area (Å²) in [7, 11) is 4.35. The first-order chi connectivity index (χ1) is 9.63. The average Bonchev–Trinajstić information content (AvgIpc) is 2.82. The zero-order valence-corrected chi connectivity index (χ0v) is 13.3. The molecule has 0 bridgehead atoms. The lowest BCUT2D eigenvalue weighted by Crippen LogP contribution is -2.34. The van der Waals surface area contributed by atoms with Gasteiger partial charge in [0.15, 0.2) is 0 Å². The van der Waals surface area contributed by atoms with Gasteiger partial charge in [-0.15, -0.1) is 0 Å². The molecule has 4 nitrogen and oxygen atoms in total. The van der Waals surface area contributed by atoms with Crippen LogP contribution in [0.4, 0.5) is 5.82 Å². The lowest BCUT2D eigenvalue weighted by Gasteiger charge is -2.23. The minimum Gasteiger partial charge on any atom is -0.354 e. The van der Waals surface area contributed by atoms with E-state index in [9.17, 15) is 0 Å². The summed E-state index contributed by atoms with van der Waals surface area (Å²) in [5.74, 6) is 1.84. The normalized spacial score (nSPS) is 22.8. The maximum atomic E-state index is 4.64. The van der Waals surface area contributed by atoms with E-state index in [0.29, 0.717) is 12.0 Å². The highest BCUT2D eigenvalue weighted by atomic mass is 15.3. The van der Waals surface area contributed by atoms with Gasteiger partial charge in [0.05, 0.1) is 0 Å². The minimum absolute atomic E-state index is 0.619. The molecule has 2 rings (SSSR count). The van der Waals surface area contributed by atoms with Gasteiger partial charge in [-0.1, -0.05) is 19.9 Å². The van der Waals surface area contributed by atoms with E-state index in [-0.39, 0.29) is 0 Å². The lowest BCUT2D eigenvalue weighted by molar-refractivity contribution is 0.266. The van der Waals surface area contributed by atoms with Crippen molar-refractivity contribution in [2.24, 2.45) is 5.92 Å². The van der Waals surface area contributed by atoms with Crippen LogP contribution in [0.2, 0.25) is 0 Å². The maximum absolute atomic E-state index is 4.64. The Labute approximate surface area is 123 Å². The molecule has 0 spiro atoms. The molecule has 20 heavy (non-hydrogen) atoms. The molecule has 0 radical (unpaired) electrons. The molecule has 1 fully saturated rings. The van der Waals surface area contributed by atoms with E-state index >= 15 is 0 Å². The maximum Gasteiger partial charge on any atom is 0.133 e. The Balaban J connectivity index is 2.09. The second-order valence-electron chi connectivity index (χ2n) is 6.08. The Hall–Kier alpha value is -1.13.